The molecule has 0 saturated carbocycles. The van der Waals surface area contributed by atoms with Gasteiger partial charge in [0, 0.05) is 19.1 Å². The van der Waals surface area contributed by atoms with Crippen molar-refractivity contribution in [2.24, 2.45) is 5.73 Å². The minimum Gasteiger partial charge on any atom is -0.462 e. The summed E-state index contributed by atoms with van der Waals surface area (Å²) in [5.41, 5.74) is 5.47. The van der Waals surface area contributed by atoms with Crippen molar-refractivity contribution < 1.29 is 22.3 Å². The van der Waals surface area contributed by atoms with Crippen LogP contribution in [0.1, 0.15) is 30.1 Å². The Balaban J connectivity index is 0.00000264. The fourth-order valence-electron chi connectivity index (χ4n) is 2.54. The van der Waals surface area contributed by atoms with Crippen LogP contribution in [0, 0.1) is 5.82 Å². The first kappa shape index (κ1) is 19.8. The van der Waals surface area contributed by atoms with Gasteiger partial charge in [-0.25, -0.2) is 17.6 Å². The highest BCUT2D eigenvalue weighted by Crippen LogP contribution is 2.26. The number of carbonyl (C=O) groups excluding carboxylic acids is 1. The van der Waals surface area contributed by atoms with Crippen molar-refractivity contribution >= 4 is 28.4 Å². The number of hydrogen-bond donors (Lipinski definition) is 1. The third-order valence-electron chi connectivity index (χ3n) is 3.58. The van der Waals surface area contributed by atoms with Crippen LogP contribution in [0.4, 0.5) is 4.39 Å². The summed E-state index contributed by atoms with van der Waals surface area (Å²) >= 11 is 0. The maximum Gasteiger partial charge on any atom is 0.338 e. The number of benzene rings is 1. The zero-order valence-electron chi connectivity index (χ0n) is 12.7. The summed E-state index contributed by atoms with van der Waals surface area (Å²) in [7, 11) is -3.89. The number of sulfonamides is 1. The number of rotatable bonds is 5. The van der Waals surface area contributed by atoms with E-state index >= 15 is 0 Å². The summed E-state index contributed by atoms with van der Waals surface area (Å²) in [5.74, 6) is -1.55. The maximum absolute atomic E-state index is 13.7. The number of nitrogens with two attached hydrogens (primary N) is 1. The molecule has 2 rings (SSSR count). The van der Waals surface area contributed by atoms with E-state index in [1.165, 1.54) is 4.31 Å². The Labute approximate surface area is 141 Å². The zero-order chi connectivity index (χ0) is 16.3. The topological polar surface area (TPSA) is 89.7 Å². The minimum atomic E-state index is -3.89. The van der Waals surface area contributed by atoms with Crippen LogP contribution in [0.2, 0.25) is 0 Å². The summed E-state index contributed by atoms with van der Waals surface area (Å²) in [6.07, 6.45) is 1.39. The predicted octanol–water partition coefficient (Wildman–Crippen LogP) is 1.54. The molecule has 1 atom stereocenters. The van der Waals surface area contributed by atoms with Crippen LogP contribution in [0.15, 0.2) is 23.1 Å². The van der Waals surface area contributed by atoms with E-state index < -0.39 is 21.8 Å². The molecule has 1 aliphatic heterocycles. The lowest BCUT2D eigenvalue weighted by Crippen LogP contribution is -2.39. The Hall–Kier alpha value is -1.22. The SMILES string of the molecule is CCOC(=O)c1cc(F)cc(S(=O)(=O)N2CCCC2CN)c1.Cl. The molecule has 1 fully saturated rings. The van der Waals surface area contributed by atoms with Crippen molar-refractivity contribution in [1.29, 1.82) is 0 Å². The van der Waals surface area contributed by atoms with Gasteiger partial charge in [0.1, 0.15) is 5.82 Å². The van der Waals surface area contributed by atoms with Crippen molar-refractivity contribution in [3.05, 3.63) is 29.6 Å². The van der Waals surface area contributed by atoms with Gasteiger partial charge in [0.05, 0.1) is 17.1 Å². The molecule has 2 N–H and O–H groups in total. The number of carbonyl (C=O) groups is 1. The quantitative estimate of drug-likeness (QED) is 0.798. The van der Waals surface area contributed by atoms with Crippen LogP contribution < -0.4 is 5.73 Å². The largest absolute Gasteiger partial charge is 0.462 e. The highest BCUT2D eigenvalue weighted by molar-refractivity contribution is 7.89. The van der Waals surface area contributed by atoms with Gasteiger partial charge in [-0.05, 0) is 38.0 Å². The molecule has 0 aromatic heterocycles. The molecule has 0 amide bonds. The summed E-state index contributed by atoms with van der Waals surface area (Å²) in [6.45, 7) is 2.29. The predicted molar refractivity (Wildman–Crippen MR) is 85.6 cm³/mol. The molecule has 0 bridgehead atoms. The van der Waals surface area contributed by atoms with Crippen molar-refractivity contribution in [3.8, 4) is 0 Å². The van der Waals surface area contributed by atoms with Crippen molar-refractivity contribution in [2.75, 3.05) is 19.7 Å². The monoisotopic (exact) mass is 366 g/mol. The molecule has 130 valence electrons. The Morgan fingerprint density at radius 3 is 2.74 bits per heavy atom. The molecule has 1 aliphatic rings. The molecule has 1 aromatic rings. The van der Waals surface area contributed by atoms with E-state index in [0.29, 0.717) is 19.4 Å². The number of esters is 1. The van der Waals surface area contributed by atoms with Gasteiger partial charge < -0.3 is 10.5 Å². The molecule has 1 heterocycles. The van der Waals surface area contributed by atoms with E-state index in [-0.39, 0.29) is 42.1 Å². The average molecular weight is 367 g/mol. The van der Waals surface area contributed by atoms with Gasteiger partial charge in [0.2, 0.25) is 10.0 Å². The number of ether oxygens (including phenoxy) is 1. The Morgan fingerprint density at radius 2 is 2.13 bits per heavy atom. The number of nitrogens with zero attached hydrogens (tertiary/aromatic N) is 1. The second-order valence-electron chi connectivity index (χ2n) is 5.04. The number of halogens is 2. The van der Waals surface area contributed by atoms with Crippen LogP contribution in [-0.4, -0.2) is 44.4 Å². The minimum absolute atomic E-state index is 0. The lowest BCUT2D eigenvalue weighted by atomic mass is 10.2. The van der Waals surface area contributed by atoms with Crippen molar-refractivity contribution in [2.45, 2.75) is 30.7 Å². The number of hydrogen-bond acceptors (Lipinski definition) is 5. The second kappa shape index (κ2) is 8.05. The Bertz CT molecular complexity index is 669. The van der Waals surface area contributed by atoms with Crippen molar-refractivity contribution in [3.63, 3.8) is 0 Å². The fourth-order valence-corrected chi connectivity index (χ4v) is 4.30. The van der Waals surface area contributed by atoms with Crippen LogP contribution in [0.25, 0.3) is 0 Å². The van der Waals surface area contributed by atoms with Crippen LogP contribution >= 0.6 is 12.4 Å². The van der Waals surface area contributed by atoms with Crippen LogP contribution in [0.3, 0.4) is 0 Å². The van der Waals surface area contributed by atoms with Crippen LogP contribution in [-0.2, 0) is 14.8 Å². The fraction of sp³-hybridized carbons (Fsp3) is 0.500. The lowest BCUT2D eigenvalue weighted by molar-refractivity contribution is 0.0525. The normalized spacial score (nSPS) is 18.5. The highest BCUT2D eigenvalue weighted by atomic mass is 35.5. The summed E-state index contributed by atoms with van der Waals surface area (Å²) in [6, 6.07) is 2.72. The first-order valence-electron chi connectivity index (χ1n) is 7.09. The van der Waals surface area contributed by atoms with E-state index in [2.05, 4.69) is 0 Å². The standard InChI is InChI=1S/C14H19FN2O4S.ClH/c1-2-21-14(18)10-6-11(15)8-13(7-10)22(19,20)17-5-3-4-12(17)9-16;/h6-8,12H,2-5,9,16H2,1H3;1H. The zero-order valence-corrected chi connectivity index (χ0v) is 14.3. The molecule has 0 spiro atoms. The summed E-state index contributed by atoms with van der Waals surface area (Å²) in [4.78, 5) is 11.4. The van der Waals surface area contributed by atoms with E-state index in [9.17, 15) is 17.6 Å². The van der Waals surface area contributed by atoms with E-state index in [1.807, 2.05) is 0 Å². The Kier molecular flexibility index (Phi) is 6.94. The van der Waals surface area contributed by atoms with Gasteiger partial charge in [-0.15, -0.1) is 12.4 Å². The summed E-state index contributed by atoms with van der Waals surface area (Å²) in [5, 5.41) is 0. The summed E-state index contributed by atoms with van der Waals surface area (Å²) < 4.78 is 45.0. The molecule has 1 saturated heterocycles. The maximum atomic E-state index is 13.7. The van der Waals surface area contributed by atoms with Gasteiger partial charge in [0.25, 0.3) is 0 Å². The van der Waals surface area contributed by atoms with Gasteiger partial charge in [0.15, 0.2) is 0 Å². The van der Waals surface area contributed by atoms with E-state index in [4.69, 9.17) is 10.5 Å². The van der Waals surface area contributed by atoms with Crippen LogP contribution in [0.5, 0.6) is 0 Å². The van der Waals surface area contributed by atoms with Gasteiger partial charge in [-0.2, -0.15) is 4.31 Å². The average Bonchev–Trinajstić information content (AvgIpc) is 2.96. The molecule has 1 unspecified atom stereocenters. The van der Waals surface area contributed by atoms with Gasteiger partial charge >= 0.3 is 5.97 Å². The molecule has 6 nitrogen and oxygen atoms in total. The first-order valence-corrected chi connectivity index (χ1v) is 8.53. The van der Waals surface area contributed by atoms with Gasteiger partial charge in [-0.1, -0.05) is 0 Å². The Morgan fingerprint density at radius 1 is 1.43 bits per heavy atom. The first-order chi connectivity index (χ1) is 10.4. The third-order valence-corrected chi connectivity index (χ3v) is 5.51. The highest BCUT2D eigenvalue weighted by Gasteiger charge is 2.35. The molecular formula is C14H20ClFN2O4S. The third kappa shape index (κ3) is 4.20. The van der Waals surface area contributed by atoms with Gasteiger partial charge in [-0.3, -0.25) is 0 Å². The molecule has 0 radical (unpaired) electrons. The lowest BCUT2D eigenvalue weighted by Gasteiger charge is -2.23. The molecule has 0 aliphatic carbocycles. The smallest absolute Gasteiger partial charge is 0.338 e. The van der Waals surface area contributed by atoms with E-state index in [1.54, 1.807) is 6.92 Å². The molecule has 23 heavy (non-hydrogen) atoms. The molecule has 9 heteroatoms. The second-order valence-corrected chi connectivity index (χ2v) is 6.93. The van der Waals surface area contributed by atoms with Crippen molar-refractivity contribution in [1.82, 2.24) is 4.31 Å². The molecule has 1 aromatic carbocycles. The van der Waals surface area contributed by atoms with E-state index in [0.717, 1.165) is 18.2 Å². The molecular weight excluding hydrogens is 347 g/mol.